The zero-order valence-corrected chi connectivity index (χ0v) is 16.6. The molecular formula is C23H24F2N2O3. The lowest BCUT2D eigenvalue weighted by Crippen LogP contribution is -2.46. The molecule has 2 aromatic carbocycles. The number of likely N-dealkylation sites (tertiary alicyclic amines) is 1. The average molecular weight is 414 g/mol. The van der Waals surface area contributed by atoms with E-state index in [2.05, 4.69) is 5.16 Å². The molecule has 1 fully saturated rings. The lowest BCUT2D eigenvalue weighted by Gasteiger charge is -2.33. The monoisotopic (exact) mass is 414 g/mol. The highest BCUT2D eigenvalue weighted by molar-refractivity contribution is 5.94. The average Bonchev–Trinajstić information content (AvgIpc) is 3.23. The van der Waals surface area contributed by atoms with E-state index >= 15 is 0 Å². The van der Waals surface area contributed by atoms with Gasteiger partial charge >= 0.3 is 0 Å². The molecule has 2 heterocycles. The molecule has 4 rings (SSSR count). The Morgan fingerprint density at radius 2 is 1.97 bits per heavy atom. The van der Waals surface area contributed by atoms with Crippen molar-refractivity contribution >= 4 is 11.6 Å². The van der Waals surface area contributed by atoms with Crippen LogP contribution in [0.1, 0.15) is 24.8 Å². The summed E-state index contributed by atoms with van der Waals surface area (Å²) in [6.45, 7) is 1.59. The Morgan fingerprint density at radius 3 is 2.77 bits per heavy atom. The van der Waals surface area contributed by atoms with Gasteiger partial charge in [0, 0.05) is 31.8 Å². The molecule has 30 heavy (non-hydrogen) atoms. The number of piperidine rings is 1. The quantitative estimate of drug-likeness (QED) is 0.719. The minimum atomic E-state index is -0.619. The summed E-state index contributed by atoms with van der Waals surface area (Å²) < 4.78 is 32.4. The van der Waals surface area contributed by atoms with E-state index in [1.165, 1.54) is 18.2 Å². The second-order valence-electron chi connectivity index (χ2n) is 7.79. The van der Waals surface area contributed by atoms with E-state index in [9.17, 15) is 13.6 Å². The number of carbonyl (C=O) groups is 1. The van der Waals surface area contributed by atoms with Gasteiger partial charge < -0.3 is 14.5 Å². The summed E-state index contributed by atoms with van der Waals surface area (Å²) in [6, 6.07) is 12.6. The van der Waals surface area contributed by atoms with Crippen molar-refractivity contribution < 1.29 is 23.1 Å². The van der Waals surface area contributed by atoms with Crippen molar-refractivity contribution in [1.82, 2.24) is 4.90 Å². The number of hydrogen-bond donors (Lipinski definition) is 0. The van der Waals surface area contributed by atoms with Crippen LogP contribution in [0.25, 0.3) is 0 Å². The largest absolute Gasteiger partial charge is 0.490 e. The van der Waals surface area contributed by atoms with Crippen LogP contribution in [0.2, 0.25) is 0 Å². The summed E-state index contributed by atoms with van der Waals surface area (Å²) in [6.07, 6.45) is 2.14. The van der Waals surface area contributed by atoms with Gasteiger partial charge in [-0.15, -0.1) is 0 Å². The first kappa shape index (κ1) is 20.3. The fraction of sp³-hybridized carbons (Fsp3) is 0.391. The van der Waals surface area contributed by atoms with Gasteiger partial charge in [-0.25, -0.2) is 8.78 Å². The Balaban J connectivity index is 1.27. The first-order valence-electron chi connectivity index (χ1n) is 10.2. The molecule has 0 bridgehead atoms. The highest BCUT2D eigenvalue weighted by Crippen LogP contribution is 2.23. The highest BCUT2D eigenvalue weighted by atomic mass is 19.1. The number of para-hydroxylation sites is 1. The molecule has 2 unspecified atom stereocenters. The standard InChI is InChI=1S/C23H24F2N2O3/c24-18-9-7-16(8-10-18)12-19-13-22(30-26-19)23(28)27-11-3-4-17(14-27)15-29-21-6-2-1-5-20(21)25/h1-2,5-10,17,22H,3-4,11-15H2. The maximum absolute atomic E-state index is 13.7. The third-order valence-electron chi connectivity index (χ3n) is 5.47. The topological polar surface area (TPSA) is 51.1 Å². The van der Waals surface area contributed by atoms with Crippen molar-refractivity contribution in [3.05, 3.63) is 65.7 Å². The van der Waals surface area contributed by atoms with Gasteiger partial charge in [-0.3, -0.25) is 4.79 Å². The van der Waals surface area contributed by atoms with Crippen LogP contribution in [0.4, 0.5) is 8.78 Å². The maximum atomic E-state index is 13.7. The van der Waals surface area contributed by atoms with Gasteiger partial charge in [0.15, 0.2) is 11.6 Å². The number of rotatable bonds is 6. The van der Waals surface area contributed by atoms with E-state index in [0.29, 0.717) is 32.5 Å². The van der Waals surface area contributed by atoms with Crippen LogP contribution >= 0.6 is 0 Å². The molecule has 2 atom stereocenters. The summed E-state index contributed by atoms with van der Waals surface area (Å²) in [4.78, 5) is 20.1. The van der Waals surface area contributed by atoms with E-state index in [0.717, 1.165) is 24.1 Å². The summed E-state index contributed by atoms with van der Waals surface area (Å²) >= 11 is 0. The first-order chi connectivity index (χ1) is 14.6. The molecule has 0 aliphatic carbocycles. The Kier molecular flexibility index (Phi) is 6.26. The molecule has 0 aromatic heterocycles. The Hall–Kier alpha value is -2.96. The fourth-order valence-electron chi connectivity index (χ4n) is 3.88. The normalized spacial score (nSPS) is 21.1. The van der Waals surface area contributed by atoms with Crippen molar-refractivity contribution in [3.63, 3.8) is 0 Å². The van der Waals surface area contributed by atoms with E-state index in [4.69, 9.17) is 9.57 Å². The lowest BCUT2D eigenvalue weighted by atomic mass is 9.97. The lowest BCUT2D eigenvalue weighted by molar-refractivity contribution is -0.144. The molecule has 5 nitrogen and oxygen atoms in total. The summed E-state index contributed by atoms with van der Waals surface area (Å²) in [7, 11) is 0. The van der Waals surface area contributed by atoms with Crippen molar-refractivity contribution in [2.24, 2.45) is 11.1 Å². The van der Waals surface area contributed by atoms with E-state index < -0.39 is 6.10 Å². The molecular weight excluding hydrogens is 390 g/mol. The van der Waals surface area contributed by atoms with Crippen LogP contribution in [-0.4, -0.2) is 42.3 Å². The zero-order valence-electron chi connectivity index (χ0n) is 16.6. The van der Waals surface area contributed by atoms with Crippen LogP contribution < -0.4 is 4.74 Å². The number of oxime groups is 1. The Bertz CT molecular complexity index is 917. The molecule has 1 saturated heterocycles. The van der Waals surface area contributed by atoms with Gasteiger partial charge in [0.05, 0.1) is 12.3 Å². The van der Waals surface area contributed by atoms with Gasteiger partial charge in [-0.1, -0.05) is 29.4 Å². The smallest absolute Gasteiger partial charge is 0.266 e. The number of hydrogen-bond acceptors (Lipinski definition) is 4. The van der Waals surface area contributed by atoms with Crippen LogP contribution in [0.3, 0.4) is 0 Å². The predicted octanol–water partition coefficient (Wildman–Crippen LogP) is 3.97. The minimum Gasteiger partial charge on any atom is -0.490 e. The third kappa shape index (κ3) is 4.96. The molecule has 2 aliphatic rings. The fourth-order valence-corrected chi connectivity index (χ4v) is 3.88. The van der Waals surface area contributed by atoms with E-state index in [1.54, 1.807) is 35.2 Å². The molecule has 0 N–H and O–H groups in total. The van der Waals surface area contributed by atoms with Crippen LogP contribution in [-0.2, 0) is 16.1 Å². The van der Waals surface area contributed by atoms with Crippen LogP contribution in [0.15, 0.2) is 53.7 Å². The van der Waals surface area contributed by atoms with Crippen molar-refractivity contribution in [2.75, 3.05) is 19.7 Å². The molecule has 2 aliphatic heterocycles. The number of carbonyl (C=O) groups excluding carboxylic acids is 1. The Labute approximate surface area is 174 Å². The summed E-state index contributed by atoms with van der Waals surface area (Å²) in [5, 5.41) is 4.06. The molecule has 7 heteroatoms. The molecule has 1 amide bonds. The van der Waals surface area contributed by atoms with Gasteiger partial charge in [-0.05, 0) is 42.7 Å². The van der Waals surface area contributed by atoms with Crippen molar-refractivity contribution in [3.8, 4) is 5.75 Å². The second-order valence-corrected chi connectivity index (χ2v) is 7.79. The molecule has 0 spiro atoms. The number of ether oxygens (including phenoxy) is 1. The Morgan fingerprint density at radius 1 is 1.17 bits per heavy atom. The maximum Gasteiger partial charge on any atom is 0.266 e. The van der Waals surface area contributed by atoms with E-state index in [1.807, 2.05) is 0 Å². The van der Waals surface area contributed by atoms with Crippen molar-refractivity contribution in [1.29, 1.82) is 0 Å². The summed E-state index contributed by atoms with van der Waals surface area (Å²) in [5.74, 6) is -0.368. The van der Waals surface area contributed by atoms with Gasteiger partial charge in [-0.2, -0.15) is 0 Å². The molecule has 2 aromatic rings. The van der Waals surface area contributed by atoms with Crippen LogP contribution in [0, 0.1) is 17.6 Å². The zero-order chi connectivity index (χ0) is 20.9. The second kappa shape index (κ2) is 9.24. The number of halogens is 2. The number of amides is 1. The van der Waals surface area contributed by atoms with Crippen LogP contribution in [0.5, 0.6) is 5.75 Å². The van der Waals surface area contributed by atoms with E-state index in [-0.39, 0.29) is 29.2 Å². The SMILES string of the molecule is O=C(C1CC(Cc2ccc(F)cc2)=NO1)N1CCCC(COc2ccccc2F)C1. The van der Waals surface area contributed by atoms with Gasteiger partial charge in [0.2, 0.25) is 6.10 Å². The molecule has 0 radical (unpaired) electrons. The minimum absolute atomic E-state index is 0.0801. The predicted molar refractivity (Wildman–Crippen MR) is 108 cm³/mol. The van der Waals surface area contributed by atoms with Crippen molar-refractivity contribution in [2.45, 2.75) is 31.8 Å². The number of benzene rings is 2. The first-order valence-corrected chi connectivity index (χ1v) is 10.2. The highest BCUT2D eigenvalue weighted by Gasteiger charge is 2.34. The molecule has 158 valence electrons. The van der Waals surface area contributed by atoms with Gasteiger partial charge in [0.1, 0.15) is 5.82 Å². The number of nitrogens with zero attached hydrogens (tertiary/aromatic N) is 2. The summed E-state index contributed by atoms with van der Waals surface area (Å²) in [5.41, 5.74) is 1.70. The molecule has 0 saturated carbocycles. The van der Waals surface area contributed by atoms with Gasteiger partial charge in [0.25, 0.3) is 5.91 Å². The third-order valence-corrected chi connectivity index (χ3v) is 5.47.